The third-order valence-electron chi connectivity index (χ3n) is 3.60. The van der Waals surface area contributed by atoms with E-state index in [1.165, 1.54) is 0 Å². The van der Waals surface area contributed by atoms with Crippen LogP contribution in [0.3, 0.4) is 0 Å². The van der Waals surface area contributed by atoms with E-state index in [1.54, 1.807) is 13.0 Å². The van der Waals surface area contributed by atoms with E-state index in [2.05, 4.69) is 16.0 Å². The molecule has 1 atom stereocenters. The Balaban J connectivity index is 1.91. The summed E-state index contributed by atoms with van der Waals surface area (Å²) in [4.78, 5) is 23.4. The summed E-state index contributed by atoms with van der Waals surface area (Å²) >= 11 is 0. The summed E-state index contributed by atoms with van der Waals surface area (Å²) in [5.41, 5.74) is 2.28. The van der Waals surface area contributed by atoms with Crippen molar-refractivity contribution in [2.45, 2.75) is 39.2 Å². The van der Waals surface area contributed by atoms with E-state index in [4.69, 9.17) is 4.74 Å². The Morgan fingerprint density at radius 3 is 2.82 bits per heavy atom. The maximum absolute atomic E-state index is 11.9. The number of hydrogen-bond acceptors (Lipinski definition) is 3. The minimum atomic E-state index is -0.266. The molecule has 6 heteroatoms. The molecule has 0 spiro atoms. The lowest BCUT2D eigenvalue weighted by Gasteiger charge is -2.14. The van der Waals surface area contributed by atoms with Crippen LogP contribution in [0.25, 0.3) is 0 Å². The number of ether oxygens (including phenoxy) is 1. The second kappa shape index (κ2) is 7.79. The first-order valence-electron chi connectivity index (χ1n) is 7.65. The molecule has 1 heterocycles. The van der Waals surface area contributed by atoms with Crippen LogP contribution in [0.15, 0.2) is 18.2 Å². The molecule has 1 aliphatic heterocycles. The normalized spacial score (nSPS) is 17.1. The second-order valence-electron chi connectivity index (χ2n) is 5.40. The molecule has 0 saturated carbocycles. The van der Waals surface area contributed by atoms with Crippen LogP contribution >= 0.6 is 0 Å². The first-order valence-corrected chi connectivity index (χ1v) is 7.65. The molecule has 120 valence electrons. The predicted octanol–water partition coefficient (Wildman–Crippen LogP) is 2.64. The number of rotatable bonds is 5. The molecule has 1 aliphatic rings. The van der Waals surface area contributed by atoms with Crippen LogP contribution in [-0.2, 0) is 9.53 Å². The Bertz CT molecular complexity index is 539. The van der Waals surface area contributed by atoms with E-state index < -0.39 is 0 Å². The Morgan fingerprint density at radius 2 is 2.14 bits per heavy atom. The van der Waals surface area contributed by atoms with Crippen LogP contribution in [0.1, 0.15) is 31.7 Å². The molecular formula is C16H23N3O3. The SMILES string of the molecule is CCC(=O)Nc1ccc(C)c(NC(=O)NCC2CCCO2)c1. The van der Waals surface area contributed by atoms with Gasteiger partial charge in [-0.15, -0.1) is 0 Å². The van der Waals surface area contributed by atoms with E-state index in [0.29, 0.717) is 24.3 Å². The van der Waals surface area contributed by atoms with Gasteiger partial charge in [-0.2, -0.15) is 0 Å². The number of anilines is 2. The lowest BCUT2D eigenvalue weighted by Crippen LogP contribution is -2.35. The van der Waals surface area contributed by atoms with Gasteiger partial charge in [-0.25, -0.2) is 4.79 Å². The Labute approximate surface area is 130 Å². The van der Waals surface area contributed by atoms with Crippen molar-refractivity contribution >= 4 is 23.3 Å². The van der Waals surface area contributed by atoms with Crippen LogP contribution < -0.4 is 16.0 Å². The molecule has 6 nitrogen and oxygen atoms in total. The van der Waals surface area contributed by atoms with E-state index in [1.807, 2.05) is 19.1 Å². The van der Waals surface area contributed by atoms with Gasteiger partial charge in [0.05, 0.1) is 6.10 Å². The third kappa shape index (κ3) is 4.73. The van der Waals surface area contributed by atoms with Gasteiger partial charge < -0.3 is 20.7 Å². The summed E-state index contributed by atoms with van der Waals surface area (Å²) in [6.07, 6.45) is 2.56. The molecule has 1 saturated heterocycles. The summed E-state index contributed by atoms with van der Waals surface area (Å²) < 4.78 is 5.46. The Kier molecular flexibility index (Phi) is 5.77. The molecule has 1 unspecified atom stereocenters. The summed E-state index contributed by atoms with van der Waals surface area (Å²) in [6.45, 7) is 4.98. The fourth-order valence-corrected chi connectivity index (χ4v) is 2.26. The zero-order valence-electron chi connectivity index (χ0n) is 13.1. The molecule has 1 fully saturated rings. The monoisotopic (exact) mass is 305 g/mol. The first-order chi connectivity index (χ1) is 10.6. The molecule has 22 heavy (non-hydrogen) atoms. The van der Waals surface area contributed by atoms with Crippen molar-refractivity contribution in [1.29, 1.82) is 0 Å². The number of aryl methyl sites for hydroxylation is 1. The Hall–Kier alpha value is -2.08. The fraction of sp³-hybridized carbons (Fsp3) is 0.500. The quantitative estimate of drug-likeness (QED) is 0.782. The average Bonchev–Trinajstić information content (AvgIpc) is 3.02. The van der Waals surface area contributed by atoms with Gasteiger partial charge >= 0.3 is 6.03 Å². The van der Waals surface area contributed by atoms with E-state index in [9.17, 15) is 9.59 Å². The maximum atomic E-state index is 11.9. The molecular weight excluding hydrogens is 282 g/mol. The summed E-state index contributed by atoms with van der Waals surface area (Å²) in [5, 5.41) is 8.40. The van der Waals surface area contributed by atoms with Gasteiger partial charge in [0.15, 0.2) is 0 Å². The number of amides is 3. The second-order valence-corrected chi connectivity index (χ2v) is 5.40. The zero-order chi connectivity index (χ0) is 15.9. The van der Waals surface area contributed by atoms with Gasteiger partial charge in [0.1, 0.15) is 0 Å². The minimum absolute atomic E-state index is 0.0577. The van der Waals surface area contributed by atoms with Crippen molar-refractivity contribution in [3.05, 3.63) is 23.8 Å². The molecule has 1 aromatic rings. The molecule has 1 aromatic carbocycles. The van der Waals surface area contributed by atoms with Crippen molar-refractivity contribution in [3.8, 4) is 0 Å². The van der Waals surface area contributed by atoms with Crippen LogP contribution in [0.5, 0.6) is 0 Å². The number of nitrogens with one attached hydrogen (secondary N) is 3. The number of benzene rings is 1. The molecule has 3 N–H and O–H groups in total. The smallest absolute Gasteiger partial charge is 0.319 e. The number of carbonyl (C=O) groups is 2. The zero-order valence-corrected chi connectivity index (χ0v) is 13.1. The average molecular weight is 305 g/mol. The highest BCUT2D eigenvalue weighted by Crippen LogP contribution is 2.20. The molecule has 0 radical (unpaired) electrons. The molecule has 0 aromatic heterocycles. The summed E-state index contributed by atoms with van der Waals surface area (Å²) in [6, 6.07) is 5.17. The van der Waals surface area contributed by atoms with Crippen LogP contribution in [0.2, 0.25) is 0 Å². The number of hydrogen-bond donors (Lipinski definition) is 3. The summed E-state index contributed by atoms with van der Waals surface area (Å²) in [5.74, 6) is -0.0577. The van der Waals surface area contributed by atoms with E-state index in [0.717, 1.165) is 25.0 Å². The highest BCUT2D eigenvalue weighted by Gasteiger charge is 2.16. The van der Waals surface area contributed by atoms with Crippen molar-refractivity contribution in [2.24, 2.45) is 0 Å². The molecule has 2 rings (SSSR count). The maximum Gasteiger partial charge on any atom is 0.319 e. The lowest BCUT2D eigenvalue weighted by molar-refractivity contribution is -0.115. The van der Waals surface area contributed by atoms with Crippen molar-refractivity contribution < 1.29 is 14.3 Å². The fourth-order valence-electron chi connectivity index (χ4n) is 2.26. The van der Waals surface area contributed by atoms with Gasteiger partial charge in [0.2, 0.25) is 5.91 Å². The highest BCUT2D eigenvalue weighted by atomic mass is 16.5. The topological polar surface area (TPSA) is 79.5 Å². The predicted molar refractivity (Wildman–Crippen MR) is 86.1 cm³/mol. The van der Waals surface area contributed by atoms with Crippen LogP contribution in [0, 0.1) is 6.92 Å². The highest BCUT2D eigenvalue weighted by molar-refractivity contribution is 5.94. The van der Waals surface area contributed by atoms with Gasteiger partial charge in [-0.3, -0.25) is 4.79 Å². The number of carbonyl (C=O) groups excluding carboxylic acids is 2. The van der Waals surface area contributed by atoms with Crippen molar-refractivity contribution in [2.75, 3.05) is 23.8 Å². The third-order valence-corrected chi connectivity index (χ3v) is 3.60. The molecule has 0 bridgehead atoms. The van der Waals surface area contributed by atoms with Crippen molar-refractivity contribution in [1.82, 2.24) is 5.32 Å². The van der Waals surface area contributed by atoms with Gasteiger partial charge in [-0.1, -0.05) is 13.0 Å². The van der Waals surface area contributed by atoms with Crippen LogP contribution in [-0.4, -0.2) is 31.2 Å². The van der Waals surface area contributed by atoms with Gasteiger partial charge in [0.25, 0.3) is 0 Å². The Morgan fingerprint density at radius 1 is 1.32 bits per heavy atom. The largest absolute Gasteiger partial charge is 0.376 e. The first kappa shape index (κ1) is 16.3. The number of urea groups is 1. The van der Waals surface area contributed by atoms with E-state index in [-0.39, 0.29) is 18.0 Å². The van der Waals surface area contributed by atoms with Crippen molar-refractivity contribution in [3.63, 3.8) is 0 Å². The van der Waals surface area contributed by atoms with Gasteiger partial charge in [-0.05, 0) is 37.5 Å². The molecule has 0 aliphatic carbocycles. The minimum Gasteiger partial charge on any atom is -0.376 e. The van der Waals surface area contributed by atoms with Gasteiger partial charge in [0, 0.05) is 30.9 Å². The standard InChI is InChI=1S/C16H23N3O3/c1-3-15(20)18-12-7-6-11(2)14(9-12)19-16(21)17-10-13-5-4-8-22-13/h6-7,9,13H,3-5,8,10H2,1-2H3,(H,18,20)(H2,17,19,21). The lowest BCUT2D eigenvalue weighted by atomic mass is 10.1. The van der Waals surface area contributed by atoms with Crippen LogP contribution in [0.4, 0.5) is 16.2 Å². The van der Waals surface area contributed by atoms with E-state index >= 15 is 0 Å². The summed E-state index contributed by atoms with van der Waals surface area (Å²) in [7, 11) is 0. The molecule has 3 amide bonds.